The number of anilines is 1. The molecule has 204 valence electrons. The number of nitrogens with one attached hydrogen (secondary N) is 2. The fourth-order valence-electron chi connectivity index (χ4n) is 6.77. The number of carbonyl (C=O) groups excluding carboxylic acids is 3. The molecular formula is C30H31Cl2N3O4. The van der Waals surface area contributed by atoms with Crippen molar-refractivity contribution in [3.05, 3.63) is 76.3 Å². The Bertz CT molecular complexity index is 1330. The van der Waals surface area contributed by atoms with Crippen LogP contribution in [0.4, 0.5) is 5.69 Å². The highest BCUT2D eigenvalue weighted by Crippen LogP contribution is 2.55. The van der Waals surface area contributed by atoms with E-state index in [1.54, 1.807) is 29.2 Å². The van der Waals surface area contributed by atoms with Gasteiger partial charge in [-0.3, -0.25) is 14.4 Å². The third-order valence-corrected chi connectivity index (χ3v) is 9.15. The molecule has 2 N–H and O–H groups in total. The topological polar surface area (TPSA) is 87.7 Å². The lowest BCUT2D eigenvalue weighted by molar-refractivity contribution is -0.141. The number of hydrogen-bond donors (Lipinski definition) is 2. The zero-order valence-corrected chi connectivity index (χ0v) is 23.0. The lowest BCUT2D eigenvalue weighted by atomic mass is 9.74. The Labute approximate surface area is 237 Å². The van der Waals surface area contributed by atoms with E-state index in [0.717, 1.165) is 31.2 Å². The van der Waals surface area contributed by atoms with Crippen LogP contribution in [0.15, 0.2) is 60.7 Å². The molecular weight excluding hydrogens is 537 g/mol. The Morgan fingerprint density at radius 3 is 2.59 bits per heavy atom. The first-order chi connectivity index (χ1) is 18.9. The molecule has 0 radical (unpaired) electrons. The molecule has 3 aliphatic heterocycles. The van der Waals surface area contributed by atoms with Crippen molar-refractivity contribution in [2.75, 3.05) is 11.9 Å². The predicted molar refractivity (Wildman–Crippen MR) is 149 cm³/mol. The molecule has 1 saturated carbocycles. The van der Waals surface area contributed by atoms with Crippen molar-refractivity contribution in [1.82, 2.24) is 10.2 Å². The van der Waals surface area contributed by atoms with Gasteiger partial charge in [-0.1, -0.05) is 78.9 Å². The van der Waals surface area contributed by atoms with E-state index in [1.165, 1.54) is 6.42 Å². The smallest absolute Gasteiger partial charge is 0.246 e. The lowest BCUT2D eigenvalue weighted by Gasteiger charge is -2.34. The maximum absolute atomic E-state index is 14.1. The van der Waals surface area contributed by atoms with Crippen LogP contribution in [0.25, 0.3) is 0 Å². The van der Waals surface area contributed by atoms with Gasteiger partial charge in [-0.25, -0.2) is 0 Å². The van der Waals surface area contributed by atoms with Gasteiger partial charge in [0.25, 0.3) is 0 Å². The molecule has 3 heterocycles. The van der Waals surface area contributed by atoms with Gasteiger partial charge in [-0.05, 0) is 49.1 Å². The number of carbonyl (C=O) groups is 3. The number of fused-ring (bicyclic) bond motifs is 1. The molecule has 7 nitrogen and oxygen atoms in total. The summed E-state index contributed by atoms with van der Waals surface area (Å²) in [6.07, 6.45) is 8.71. The summed E-state index contributed by atoms with van der Waals surface area (Å²) in [5.41, 5.74) is 0.238. The number of ether oxygens (including phenoxy) is 1. The molecule has 5 unspecified atom stereocenters. The van der Waals surface area contributed by atoms with E-state index in [4.69, 9.17) is 27.9 Å². The Morgan fingerprint density at radius 2 is 1.82 bits per heavy atom. The molecule has 3 fully saturated rings. The van der Waals surface area contributed by atoms with Gasteiger partial charge in [0.1, 0.15) is 11.6 Å². The number of hydrogen-bond acceptors (Lipinski definition) is 4. The standard InChI is InChI=1S/C30H31Cl2N3O4/c31-19-8-6-11-21(17-19)34-27(36)24-23-13-15-30(39-23)25(24)29(38)35(16-14-18-7-4-5-12-22(18)32)26(30)28(37)33-20-9-2-1-3-10-20/h4-8,11-13,15,17,20,23-26H,1-3,9-10,14,16H2,(H,33,37)(H,34,36). The van der Waals surface area contributed by atoms with E-state index in [2.05, 4.69) is 10.6 Å². The van der Waals surface area contributed by atoms with E-state index in [1.807, 2.05) is 36.4 Å². The highest BCUT2D eigenvalue weighted by molar-refractivity contribution is 6.31. The number of rotatable bonds is 7. The fourth-order valence-corrected chi connectivity index (χ4v) is 7.19. The minimum atomic E-state index is -1.20. The molecule has 1 aliphatic carbocycles. The Morgan fingerprint density at radius 1 is 1.03 bits per heavy atom. The van der Waals surface area contributed by atoms with Crippen molar-refractivity contribution < 1.29 is 19.1 Å². The van der Waals surface area contributed by atoms with Crippen LogP contribution in [0.5, 0.6) is 0 Å². The molecule has 2 aromatic carbocycles. The van der Waals surface area contributed by atoms with Crippen molar-refractivity contribution in [3.63, 3.8) is 0 Å². The number of nitrogens with zero attached hydrogens (tertiary/aromatic N) is 1. The van der Waals surface area contributed by atoms with Crippen LogP contribution in [-0.2, 0) is 25.5 Å². The molecule has 39 heavy (non-hydrogen) atoms. The van der Waals surface area contributed by atoms with Crippen molar-refractivity contribution >= 4 is 46.6 Å². The van der Waals surface area contributed by atoms with Crippen LogP contribution >= 0.6 is 23.2 Å². The van der Waals surface area contributed by atoms with Gasteiger partial charge in [0.15, 0.2) is 0 Å². The van der Waals surface area contributed by atoms with Gasteiger partial charge in [0.05, 0.1) is 17.9 Å². The van der Waals surface area contributed by atoms with Gasteiger partial charge < -0.3 is 20.3 Å². The molecule has 6 rings (SSSR count). The van der Waals surface area contributed by atoms with E-state index in [9.17, 15) is 14.4 Å². The summed E-state index contributed by atoms with van der Waals surface area (Å²) >= 11 is 12.5. The van der Waals surface area contributed by atoms with Crippen LogP contribution in [0.2, 0.25) is 10.0 Å². The third kappa shape index (κ3) is 4.75. The monoisotopic (exact) mass is 567 g/mol. The normalized spacial score (nSPS) is 29.5. The number of amides is 3. The number of halogens is 2. The minimum absolute atomic E-state index is 0.0757. The number of likely N-dealkylation sites (tertiary alicyclic amines) is 1. The average molecular weight is 569 g/mol. The minimum Gasteiger partial charge on any atom is -0.359 e. The first kappa shape index (κ1) is 26.4. The van der Waals surface area contributed by atoms with Crippen LogP contribution in [0.1, 0.15) is 37.7 Å². The predicted octanol–water partition coefficient (Wildman–Crippen LogP) is 4.77. The second-order valence-electron chi connectivity index (χ2n) is 10.9. The Kier molecular flexibility index (Phi) is 7.16. The highest BCUT2D eigenvalue weighted by atomic mass is 35.5. The summed E-state index contributed by atoms with van der Waals surface area (Å²) in [7, 11) is 0. The van der Waals surface area contributed by atoms with Crippen LogP contribution in [-0.4, -0.2) is 53.0 Å². The van der Waals surface area contributed by atoms with E-state index >= 15 is 0 Å². The van der Waals surface area contributed by atoms with Crippen molar-refractivity contribution in [2.24, 2.45) is 11.8 Å². The van der Waals surface area contributed by atoms with Gasteiger partial charge in [-0.2, -0.15) is 0 Å². The Balaban J connectivity index is 1.30. The largest absolute Gasteiger partial charge is 0.359 e. The van der Waals surface area contributed by atoms with Gasteiger partial charge in [0.2, 0.25) is 17.7 Å². The second-order valence-corrected chi connectivity index (χ2v) is 11.8. The SMILES string of the molecule is O=C(Nc1cccc(Cl)c1)C1C2C=CC3(O2)C1C(=O)N(CCc1ccccc1Cl)C3C(=O)NC1CCCCC1. The average Bonchev–Trinajstić information content (AvgIpc) is 3.56. The van der Waals surface area contributed by atoms with Gasteiger partial charge in [-0.15, -0.1) is 0 Å². The summed E-state index contributed by atoms with van der Waals surface area (Å²) in [6, 6.07) is 13.6. The maximum Gasteiger partial charge on any atom is 0.246 e. The lowest BCUT2D eigenvalue weighted by Crippen LogP contribution is -2.56. The van der Waals surface area contributed by atoms with Crippen LogP contribution < -0.4 is 10.6 Å². The molecule has 3 amide bonds. The van der Waals surface area contributed by atoms with Crippen molar-refractivity contribution in [3.8, 4) is 0 Å². The van der Waals surface area contributed by atoms with E-state index in [-0.39, 0.29) is 30.3 Å². The number of benzene rings is 2. The van der Waals surface area contributed by atoms with Gasteiger partial charge >= 0.3 is 0 Å². The summed E-state index contributed by atoms with van der Waals surface area (Å²) in [6.45, 7) is 0.286. The fraction of sp³-hybridized carbons (Fsp3) is 0.433. The quantitative estimate of drug-likeness (QED) is 0.471. The van der Waals surface area contributed by atoms with Crippen molar-refractivity contribution in [2.45, 2.75) is 62.3 Å². The molecule has 2 saturated heterocycles. The summed E-state index contributed by atoms with van der Waals surface area (Å²) < 4.78 is 6.43. The Hall–Kier alpha value is -2.87. The first-order valence-electron chi connectivity index (χ1n) is 13.7. The zero-order chi connectivity index (χ0) is 27.1. The van der Waals surface area contributed by atoms with Crippen molar-refractivity contribution in [1.29, 1.82) is 0 Å². The van der Waals surface area contributed by atoms with Crippen LogP contribution in [0, 0.1) is 11.8 Å². The zero-order valence-electron chi connectivity index (χ0n) is 21.4. The molecule has 1 spiro atoms. The molecule has 4 aliphatic rings. The molecule has 5 atom stereocenters. The summed E-state index contributed by atoms with van der Waals surface area (Å²) in [4.78, 5) is 43.2. The van der Waals surface area contributed by atoms with E-state index < -0.39 is 29.6 Å². The van der Waals surface area contributed by atoms with E-state index in [0.29, 0.717) is 22.2 Å². The van der Waals surface area contributed by atoms with Gasteiger partial charge in [0, 0.05) is 28.3 Å². The van der Waals surface area contributed by atoms with Crippen LogP contribution in [0.3, 0.4) is 0 Å². The molecule has 2 aromatic rings. The third-order valence-electron chi connectivity index (χ3n) is 8.55. The first-order valence-corrected chi connectivity index (χ1v) is 14.4. The maximum atomic E-state index is 14.1. The summed E-state index contributed by atoms with van der Waals surface area (Å²) in [5, 5.41) is 7.22. The highest BCUT2D eigenvalue weighted by Gasteiger charge is 2.72. The molecule has 0 aromatic heterocycles. The molecule has 2 bridgehead atoms. The molecule has 9 heteroatoms. The summed E-state index contributed by atoms with van der Waals surface area (Å²) in [5.74, 6) is -2.37. The second kappa shape index (κ2) is 10.6.